The molecule has 2 aromatic carbocycles. The average molecular weight is 397 g/mol. The zero-order valence-electron chi connectivity index (χ0n) is 16.7. The second kappa shape index (κ2) is 10.8. The summed E-state index contributed by atoms with van der Waals surface area (Å²) >= 11 is 0. The van der Waals surface area contributed by atoms with Crippen LogP contribution in [0.1, 0.15) is 31.9 Å². The third-order valence-electron chi connectivity index (χ3n) is 4.14. The molecule has 0 spiro atoms. The molecule has 0 saturated carbocycles. The van der Waals surface area contributed by atoms with Gasteiger partial charge in [0.1, 0.15) is 6.54 Å². The topological polar surface area (TPSA) is 98.7 Å². The number of amides is 3. The van der Waals surface area contributed by atoms with E-state index in [0.717, 1.165) is 0 Å². The van der Waals surface area contributed by atoms with Gasteiger partial charge in [0.25, 0.3) is 0 Å². The smallest absolute Gasteiger partial charge is 0.318 e. The largest absolute Gasteiger partial charge is 0.481 e. The minimum atomic E-state index is -1.02. The number of carboxylic acid groups (broad SMARTS) is 1. The lowest BCUT2D eigenvalue weighted by Gasteiger charge is -2.27. The molecular formula is C22H27N3O4. The maximum atomic E-state index is 12.9. The van der Waals surface area contributed by atoms with Gasteiger partial charge in [0.2, 0.25) is 5.91 Å². The minimum absolute atomic E-state index is 0.131. The fraction of sp³-hybridized carbons (Fsp3) is 0.318. The molecule has 2 aromatic rings. The summed E-state index contributed by atoms with van der Waals surface area (Å²) in [5.74, 6) is -1.20. The van der Waals surface area contributed by atoms with E-state index >= 15 is 0 Å². The van der Waals surface area contributed by atoms with Crippen LogP contribution in [-0.2, 0) is 9.59 Å². The van der Waals surface area contributed by atoms with E-state index in [4.69, 9.17) is 0 Å². The van der Waals surface area contributed by atoms with Crippen LogP contribution in [0.2, 0.25) is 0 Å². The molecule has 7 nitrogen and oxygen atoms in total. The molecule has 29 heavy (non-hydrogen) atoms. The number of carbonyl (C=O) groups is 3. The van der Waals surface area contributed by atoms with Crippen molar-refractivity contribution in [1.82, 2.24) is 10.2 Å². The molecule has 0 fully saturated rings. The zero-order valence-corrected chi connectivity index (χ0v) is 16.7. The predicted molar refractivity (Wildman–Crippen MR) is 111 cm³/mol. The number of nitrogens with zero attached hydrogens (tertiary/aromatic N) is 1. The first-order valence-corrected chi connectivity index (χ1v) is 9.52. The van der Waals surface area contributed by atoms with Crippen LogP contribution in [0.15, 0.2) is 60.7 Å². The first-order valence-electron chi connectivity index (χ1n) is 9.52. The van der Waals surface area contributed by atoms with Crippen LogP contribution in [0, 0.1) is 5.92 Å². The quantitative estimate of drug-likeness (QED) is 0.603. The Labute approximate surface area is 170 Å². The fourth-order valence-electron chi connectivity index (χ4n) is 2.91. The molecule has 1 unspecified atom stereocenters. The highest BCUT2D eigenvalue weighted by atomic mass is 16.4. The second-order valence-electron chi connectivity index (χ2n) is 7.20. The summed E-state index contributed by atoms with van der Waals surface area (Å²) in [7, 11) is 0. The summed E-state index contributed by atoms with van der Waals surface area (Å²) in [6.45, 7) is 4.12. The van der Waals surface area contributed by atoms with Crippen LogP contribution in [-0.4, -0.2) is 41.0 Å². The monoisotopic (exact) mass is 397 g/mol. The van der Waals surface area contributed by atoms with Crippen molar-refractivity contribution >= 4 is 23.6 Å². The van der Waals surface area contributed by atoms with Gasteiger partial charge in [-0.25, -0.2) is 4.79 Å². The minimum Gasteiger partial charge on any atom is -0.481 e. The van der Waals surface area contributed by atoms with Gasteiger partial charge < -0.3 is 20.6 Å². The normalized spacial score (nSPS) is 11.6. The van der Waals surface area contributed by atoms with Gasteiger partial charge in [-0.15, -0.1) is 0 Å². The molecule has 0 aliphatic carbocycles. The van der Waals surface area contributed by atoms with Crippen LogP contribution in [0.25, 0.3) is 0 Å². The summed E-state index contributed by atoms with van der Waals surface area (Å²) in [5.41, 5.74) is 1.34. The Kier molecular flexibility index (Phi) is 8.21. The number of benzene rings is 2. The van der Waals surface area contributed by atoms with E-state index < -0.39 is 18.0 Å². The summed E-state index contributed by atoms with van der Waals surface area (Å²) in [5, 5.41) is 14.8. The molecular weight excluding hydrogens is 370 g/mol. The molecule has 3 amide bonds. The van der Waals surface area contributed by atoms with Gasteiger partial charge in [-0.2, -0.15) is 0 Å². The van der Waals surface area contributed by atoms with E-state index in [1.165, 1.54) is 4.90 Å². The van der Waals surface area contributed by atoms with Crippen molar-refractivity contribution in [2.75, 3.05) is 18.4 Å². The number of urea groups is 1. The molecule has 3 N–H and O–H groups in total. The average Bonchev–Trinajstić information content (AvgIpc) is 2.67. The maximum Gasteiger partial charge on any atom is 0.318 e. The van der Waals surface area contributed by atoms with Crippen molar-refractivity contribution < 1.29 is 19.5 Å². The maximum absolute atomic E-state index is 12.9. The Morgan fingerprint density at radius 1 is 0.966 bits per heavy atom. The van der Waals surface area contributed by atoms with Crippen molar-refractivity contribution in [1.29, 1.82) is 0 Å². The van der Waals surface area contributed by atoms with Crippen molar-refractivity contribution in [3.63, 3.8) is 0 Å². The van der Waals surface area contributed by atoms with E-state index in [9.17, 15) is 19.5 Å². The summed E-state index contributed by atoms with van der Waals surface area (Å²) in [6.07, 6.45) is -0.249. The number of carbonyl (C=O) groups excluding carboxylic acids is 2. The number of nitrogens with one attached hydrogen (secondary N) is 2. The highest BCUT2D eigenvalue weighted by Gasteiger charge is 2.23. The van der Waals surface area contributed by atoms with Gasteiger partial charge in [0.15, 0.2) is 0 Å². The van der Waals surface area contributed by atoms with E-state index in [2.05, 4.69) is 10.6 Å². The lowest BCUT2D eigenvalue weighted by molar-refractivity contribution is -0.137. The van der Waals surface area contributed by atoms with Crippen LogP contribution in [0.5, 0.6) is 0 Å². The van der Waals surface area contributed by atoms with Crippen LogP contribution < -0.4 is 10.6 Å². The van der Waals surface area contributed by atoms with Crippen LogP contribution in [0.4, 0.5) is 10.5 Å². The standard InChI is InChI=1S/C22H27N3O4/c1-16(2)14-25(15-20(26)23-18-11-7-4-8-12-18)22(29)24-19(13-21(27)28)17-9-5-3-6-10-17/h3-12,16,19H,13-15H2,1-2H3,(H,23,26)(H,24,29)(H,27,28). The molecule has 0 aliphatic heterocycles. The number of rotatable bonds is 9. The van der Waals surface area contributed by atoms with Crippen molar-refractivity contribution in [3.05, 3.63) is 66.2 Å². The summed E-state index contributed by atoms with van der Waals surface area (Å²) in [4.78, 5) is 38.0. The molecule has 1 atom stereocenters. The van der Waals surface area contributed by atoms with Crippen molar-refractivity contribution in [2.24, 2.45) is 5.92 Å². The van der Waals surface area contributed by atoms with Gasteiger partial charge in [-0.05, 0) is 23.6 Å². The van der Waals surface area contributed by atoms with Gasteiger partial charge >= 0.3 is 12.0 Å². The molecule has 7 heteroatoms. The van der Waals surface area contributed by atoms with Crippen molar-refractivity contribution in [2.45, 2.75) is 26.3 Å². The van der Waals surface area contributed by atoms with Gasteiger partial charge in [0.05, 0.1) is 12.5 Å². The molecule has 154 valence electrons. The summed E-state index contributed by atoms with van der Waals surface area (Å²) < 4.78 is 0. The predicted octanol–water partition coefficient (Wildman–Crippen LogP) is 3.51. The second-order valence-corrected chi connectivity index (χ2v) is 7.20. The number of hydrogen-bond acceptors (Lipinski definition) is 3. The van der Waals surface area contributed by atoms with E-state index in [0.29, 0.717) is 17.8 Å². The number of para-hydroxylation sites is 1. The Morgan fingerprint density at radius 2 is 1.55 bits per heavy atom. The Balaban J connectivity index is 2.09. The lowest BCUT2D eigenvalue weighted by atomic mass is 10.0. The van der Waals surface area contributed by atoms with Gasteiger partial charge in [-0.1, -0.05) is 62.4 Å². The molecule has 0 heterocycles. The molecule has 0 radical (unpaired) electrons. The first-order chi connectivity index (χ1) is 13.8. The molecule has 0 aromatic heterocycles. The van der Waals surface area contributed by atoms with Gasteiger partial charge in [0, 0.05) is 12.2 Å². The van der Waals surface area contributed by atoms with E-state index in [1.54, 1.807) is 36.4 Å². The molecule has 0 aliphatic rings. The Hall–Kier alpha value is -3.35. The van der Waals surface area contributed by atoms with E-state index in [1.807, 2.05) is 38.1 Å². The van der Waals surface area contributed by atoms with E-state index in [-0.39, 0.29) is 24.8 Å². The zero-order chi connectivity index (χ0) is 21.2. The highest BCUT2D eigenvalue weighted by molar-refractivity contribution is 5.94. The number of aliphatic carboxylic acids is 1. The third kappa shape index (κ3) is 7.65. The number of carboxylic acids is 1. The molecule has 0 saturated heterocycles. The van der Waals surface area contributed by atoms with Crippen molar-refractivity contribution in [3.8, 4) is 0 Å². The first kappa shape index (κ1) is 21.9. The van der Waals surface area contributed by atoms with Crippen LogP contribution in [0.3, 0.4) is 0 Å². The SMILES string of the molecule is CC(C)CN(CC(=O)Nc1ccccc1)C(=O)NC(CC(=O)O)c1ccccc1. The van der Waals surface area contributed by atoms with Crippen LogP contribution >= 0.6 is 0 Å². The van der Waals surface area contributed by atoms with Gasteiger partial charge in [-0.3, -0.25) is 9.59 Å². The Bertz CT molecular complexity index is 809. The highest BCUT2D eigenvalue weighted by Crippen LogP contribution is 2.17. The summed E-state index contributed by atoms with van der Waals surface area (Å²) in [6, 6.07) is 16.8. The fourth-order valence-corrected chi connectivity index (χ4v) is 2.91. The molecule has 2 rings (SSSR count). The Morgan fingerprint density at radius 3 is 2.10 bits per heavy atom. The molecule has 0 bridgehead atoms. The lowest BCUT2D eigenvalue weighted by Crippen LogP contribution is -2.47. The number of anilines is 1. The third-order valence-corrected chi connectivity index (χ3v) is 4.14. The number of hydrogen-bond donors (Lipinski definition) is 3.